The first-order valence-corrected chi connectivity index (χ1v) is 6.88. The average Bonchev–Trinajstić information content (AvgIpc) is 2.20. The van der Waals surface area contributed by atoms with E-state index < -0.39 is 17.1 Å². The molecule has 0 aliphatic carbocycles. The number of amides is 2. The summed E-state index contributed by atoms with van der Waals surface area (Å²) < 4.78 is 5.77. The molecule has 1 aliphatic rings. The van der Waals surface area contributed by atoms with Gasteiger partial charge >= 0.3 is 12.0 Å². The van der Waals surface area contributed by atoms with Crippen molar-refractivity contribution in [2.24, 2.45) is 0 Å². The number of nitrogens with zero attached hydrogens (tertiary/aromatic N) is 2. The molecular weight excluding hydrogens is 260 g/mol. The standard InChI is InChI=1S/C14H26N2O4/c1-10-7-15(9-14(5,6)20-10)12(19)16(8-11(17)18)13(2,3)4/h10H,7-9H2,1-6H3,(H,17,18). The van der Waals surface area contributed by atoms with Crippen molar-refractivity contribution in [3.8, 4) is 0 Å². The molecule has 1 unspecified atom stereocenters. The highest BCUT2D eigenvalue weighted by Crippen LogP contribution is 2.24. The minimum absolute atomic E-state index is 0.0608. The Morgan fingerprint density at radius 2 is 1.95 bits per heavy atom. The molecule has 0 aromatic heterocycles. The van der Waals surface area contributed by atoms with Gasteiger partial charge in [0.1, 0.15) is 6.54 Å². The molecule has 0 bridgehead atoms. The lowest BCUT2D eigenvalue weighted by Crippen LogP contribution is -2.60. The maximum Gasteiger partial charge on any atom is 0.323 e. The van der Waals surface area contributed by atoms with Crippen LogP contribution in [-0.4, -0.2) is 63.8 Å². The molecule has 1 fully saturated rings. The van der Waals surface area contributed by atoms with E-state index in [1.54, 1.807) is 4.90 Å². The maximum atomic E-state index is 12.6. The molecule has 2 amide bonds. The summed E-state index contributed by atoms with van der Waals surface area (Å²) in [5, 5.41) is 9.01. The second-order valence-corrected chi connectivity index (χ2v) is 7.00. The largest absolute Gasteiger partial charge is 0.480 e. The molecule has 1 rings (SSSR count). The fraction of sp³-hybridized carbons (Fsp3) is 0.857. The van der Waals surface area contributed by atoms with Gasteiger partial charge in [-0.2, -0.15) is 0 Å². The predicted molar refractivity (Wildman–Crippen MR) is 75.7 cm³/mol. The molecular formula is C14H26N2O4. The molecule has 6 nitrogen and oxygen atoms in total. The van der Waals surface area contributed by atoms with Crippen LogP contribution in [-0.2, 0) is 9.53 Å². The van der Waals surface area contributed by atoms with Crippen molar-refractivity contribution in [3.63, 3.8) is 0 Å². The summed E-state index contributed by atoms with van der Waals surface area (Å²) in [5.74, 6) is -1.01. The van der Waals surface area contributed by atoms with Gasteiger partial charge in [-0.25, -0.2) is 4.79 Å². The van der Waals surface area contributed by atoms with Crippen molar-refractivity contribution in [1.82, 2.24) is 9.80 Å². The van der Waals surface area contributed by atoms with E-state index in [1.807, 2.05) is 41.5 Å². The van der Waals surface area contributed by atoms with Crippen LogP contribution in [0.1, 0.15) is 41.5 Å². The van der Waals surface area contributed by atoms with E-state index in [0.29, 0.717) is 13.1 Å². The molecule has 1 heterocycles. The topological polar surface area (TPSA) is 70.1 Å². The number of carbonyl (C=O) groups is 2. The van der Waals surface area contributed by atoms with E-state index in [4.69, 9.17) is 9.84 Å². The molecule has 0 spiro atoms. The van der Waals surface area contributed by atoms with E-state index in [-0.39, 0.29) is 18.7 Å². The number of urea groups is 1. The minimum atomic E-state index is -1.01. The summed E-state index contributed by atoms with van der Waals surface area (Å²) in [5.41, 5.74) is -0.957. The highest BCUT2D eigenvalue weighted by Gasteiger charge is 2.38. The monoisotopic (exact) mass is 286 g/mol. The third kappa shape index (κ3) is 4.37. The zero-order valence-electron chi connectivity index (χ0n) is 13.3. The summed E-state index contributed by atoms with van der Waals surface area (Å²) in [7, 11) is 0. The third-order valence-corrected chi connectivity index (χ3v) is 3.17. The van der Waals surface area contributed by atoms with E-state index in [2.05, 4.69) is 0 Å². The summed E-state index contributed by atoms with van der Waals surface area (Å²) in [6.45, 7) is 11.9. The van der Waals surface area contributed by atoms with Crippen LogP contribution in [0.25, 0.3) is 0 Å². The van der Waals surface area contributed by atoms with Crippen molar-refractivity contribution in [3.05, 3.63) is 0 Å². The zero-order chi connectivity index (χ0) is 15.7. The van der Waals surface area contributed by atoms with Crippen molar-refractivity contribution in [2.75, 3.05) is 19.6 Å². The number of carboxylic acid groups (broad SMARTS) is 1. The molecule has 0 radical (unpaired) electrons. The van der Waals surface area contributed by atoms with Crippen LogP contribution >= 0.6 is 0 Å². The summed E-state index contributed by atoms with van der Waals surface area (Å²) >= 11 is 0. The Morgan fingerprint density at radius 1 is 1.40 bits per heavy atom. The van der Waals surface area contributed by atoms with Gasteiger partial charge in [0.15, 0.2) is 0 Å². The molecule has 0 saturated carbocycles. The molecule has 20 heavy (non-hydrogen) atoms. The first-order valence-electron chi connectivity index (χ1n) is 6.88. The molecule has 0 aromatic rings. The van der Waals surface area contributed by atoms with Crippen molar-refractivity contribution < 1.29 is 19.4 Å². The Kier molecular flexibility index (Phi) is 4.69. The van der Waals surface area contributed by atoms with Gasteiger partial charge in [0.25, 0.3) is 0 Å². The molecule has 6 heteroatoms. The Bertz CT molecular complexity index is 387. The first kappa shape index (κ1) is 16.8. The number of carbonyl (C=O) groups excluding carboxylic acids is 1. The second kappa shape index (κ2) is 5.60. The third-order valence-electron chi connectivity index (χ3n) is 3.17. The van der Waals surface area contributed by atoms with Crippen LogP contribution < -0.4 is 0 Å². The van der Waals surface area contributed by atoms with Crippen LogP contribution in [0.2, 0.25) is 0 Å². The Morgan fingerprint density at radius 3 is 2.35 bits per heavy atom. The van der Waals surface area contributed by atoms with Gasteiger partial charge < -0.3 is 19.6 Å². The molecule has 1 aliphatic heterocycles. The van der Waals surface area contributed by atoms with Crippen LogP contribution in [0.3, 0.4) is 0 Å². The summed E-state index contributed by atoms with van der Waals surface area (Å²) in [4.78, 5) is 26.7. The van der Waals surface area contributed by atoms with Crippen LogP contribution in [0.5, 0.6) is 0 Å². The predicted octanol–water partition coefficient (Wildman–Crippen LogP) is 1.79. The quantitative estimate of drug-likeness (QED) is 0.840. The lowest BCUT2D eigenvalue weighted by molar-refractivity contribution is -0.139. The maximum absolute atomic E-state index is 12.6. The van der Waals surface area contributed by atoms with Crippen LogP contribution in [0.15, 0.2) is 0 Å². The van der Waals surface area contributed by atoms with Gasteiger partial charge in [0.05, 0.1) is 18.2 Å². The highest BCUT2D eigenvalue weighted by atomic mass is 16.5. The van der Waals surface area contributed by atoms with Gasteiger partial charge in [-0.15, -0.1) is 0 Å². The van der Waals surface area contributed by atoms with Gasteiger partial charge in [-0.3, -0.25) is 4.79 Å². The highest BCUT2D eigenvalue weighted by molar-refractivity contribution is 5.81. The van der Waals surface area contributed by atoms with Crippen molar-refractivity contribution in [2.45, 2.75) is 58.8 Å². The molecule has 0 aromatic carbocycles. The molecule has 116 valence electrons. The number of ether oxygens (including phenoxy) is 1. The van der Waals surface area contributed by atoms with Gasteiger partial charge in [-0.05, 0) is 41.5 Å². The van der Waals surface area contributed by atoms with Crippen LogP contribution in [0, 0.1) is 0 Å². The van der Waals surface area contributed by atoms with E-state index >= 15 is 0 Å². The number of morpholine rings is 1. The fourth-order valence-corrected chi connectivity index (χ4v) is 2.50. The number of carboxylic acids is 1. The number of hydrogen-bond acceptors (Lipinski definition) is 3. The Balaban J connectivity index is 2.92. The van der Waals surface area contributed by atoms with Gasteiger partial charge in [-0.1, -0.05) is 0 Å². The van der Waals surface area contributed by atoms with Gasteiger partial charge in [0, 0.05) is 12.1 Å². The zero-order valence-corrected chi connectivity index (χ0v) is 13.3. The van der Waals surface area contributed by atoms with E-state index in [1.165, 1.54) is 4.90 Å². The number of aliphatic carboxylic acids is 1. The SMILES string of the molecule is CC1CN(C(=O)N(CC(=O)O)C(C)(C)C)CC(C)(C)O1. The Labute approximate surface area is 120 Å². The van der Waals surface area contributed by atoms with E-state index in [9.17, 15) is 9.59 Å². The van der Waals surface area contributed by atoms with Gasteiger partial charge in [0.2, 0.25) is 0 Å². The van der Waals surface area contributed by atoms with E-state index in [0.717, 1.165) is 0 Å². The normalized spacial score (nSPS) is 22.5. The molecule has 1 atom stereocenters. The van der Waals surface area contributed by atoms with Crippen LogP contribution in [0.4, 0.5) is 4.79 Å². The number of rotatable bonds is 2. The Hall–Kier alpha value is -1.30. The molecule has 1 saturated heterocycles. The first-order chi connectivity index (χ1) is 8.92. The lowest BCUT2D eigenvalue weighted by Gasteiger charge is -2.45. The second-order valence-electron chi connectivity index (χ2n) is 7.00. The average molecular weight is 286 g/mol. The summed E-state index contributed by atoms with van der Waals surface area (Å²) in [6.07, 6.45) is -0.0608. The lowest BCUT2D eigenvalue weighted by atomic mass is 10.0. The fourth-order valence-electron chi connectivity index (χ4n) is 2.50. The molecule has 1 N–H and O–H groups in total. The smallest absolute Gasteiger partial charge is 0.323 e. The number of hydrogen-bond donors (Lipinski definition) is 1. The van der Waals surface area contributed by atoms with Crippen molar-refractivity contribution in [1.29, 1.82) is 0 Å². The minimum Gasteiger partial charge on any atom is -0.480 e. The summed E-state index contributed by atoms with van der Waals surface area (Å²) in [6, 6.07) is -0.247. The van der Waals surface area contributed by atoms with Crippen molar-refractivity contribution >= 4 is 12.0 Å².